The number of likely N-dealkylation sites (tertiary alicyclic amines) is 1. The quantitative estimate of drug-likeness (QED) is 0.614. The number of carbonyl (C=O) groups is 2. The normalized spacial score (nSPS) is 14.7. The summed E-state index contributed by atoms with van der Waals surface area (Å²) in [7, 11) is 0. The lowest BCUT2D eigenvalue weighted by atomic mass is 10.1. The van der Waals surface area contributed by atoms with Crippen LogP contribution in [0.25, 0.3) is 0 Å². The van der Waals surface area contributed by atoms with Crippen LogP contribution in [0.2, 0.25) is 0 Å². The van der Waals surface area contributed by atoms with Crippen molar-refractivity contribution in [1.29, 1.82) is 0 Å². The van der Waals surface area contributed by atoms with Gasteiger partial charge in [-0.1, -0.05) is 17.4 Å². The lowest BCUT2D eigenvalue weighted by Crippen LogP contribution is -2.43. The molecule has 3 heterocycles. The van der Waals surface area contributed by atoms with E-state index >= 15 is 0 Å². The van der Waals surface area contributed by atoms with E-state index in [0.29, 0.717) is 31.1 Å². The van der Waals surface area contributed by atoms with Crippen molar-refractivity contribution in [3.05, 3.63) is 59.0 Å². The molecule has 8 nitrogen and oxygen atoms in total. The van der Waals surface area contributed by atoms with E-state index in [1.54, 1.807) is 17.3 Å². The molecule has 0 radical (unpaired) electrons. The number of aromatic nitrogens is 3. The largest absolute Gasteiger partial charge is 0.382 e. The van der Waals surface area contributed by atoms with Crippen molar-refractivity contribution < 1.29 is 18.4 Å². The molecule has 1 saturated heterocycles. The fourth-order valence-electron chi connectivity index (χ4n) is 3.31. The molecule has 1 aliphatic heterocycles. The molecule has 1 amide bonds. The van der Waals surface area contributed by atoms with Gasteiger partial charge in [0.2, 0.25) is 5.78 Å². The highest BCUT2D eigenvalue weighted by Crippen LogP contribution is 2.30. The Kier molecular flexibility index (Phi) is 5.44. The minimum absolute atomic E-state index is 0.0192. The molecule has 30 heavy (non-hydrogen) atoms. The molecular weight excluding hydrogens is 414 g/mol. The van der Waals surface area contributed by atoms with E-state index in [1.165, 1.54) is 17.0 Å². The third-order valence-corrected chi connectivity index (χ3v) is 5.87. The molecule has 0 aliphatic carbocycles. The van der Waals surface area contributed by atoms with Gasteiger partial charge >= 0.3 is 6.03 Å². The van der Waals surface area contributed by atoms with Gasteiger partial charge in [0.1, 0.15) is 28.7 Å². The van der Waals surface area contributed by atoms with E-state index in [4.69, 9.17) is 5.73 Å². The molecule has 11 heteroatoms. The van der Waals surface area contributed by atoms with Crippen LogP contribution >= 0.6 is 11.3 Å². The molecule has 1 aliphatic rings. The van der Waals surface area contributed by atoms with E-state index in [2.05, 4.69) is 15.3 Å². The fraction of sp³-hybridized carbons (Fsp3) is 0.263. The average molecular weight is 432 g/mol. The van der Waals surface area contributed by atoms with Gasteiger partial charge in [-0.05, 0) is 25.0 Å². The molecule has 3 N–H and O–H groups in total. The zero-order chi connectivity index (χ0) is 21.3. The number of imidazole rings is 1. The second kappa shape index (κ2) is 8.19. The van der Waals surface area contributed by atoms with Crippen molar-refractivity contribution in [1.82, 2.24) is 19.4 Å². The number of nitrogen functional groups attached to an aromatic ring is 1. The lowest BCUT2D eigenvalue weighted by Gasteiger charge is -2.32. The van der Waals surface area contributed by atoms with Crippen molar-refractivity contribution in [2.24, 2.45) is 0 Å². The number of ketones is 1. The molecular formula is C19H18F2N6O2S. The number of nitrogens with two attached hydrogens (primary N) is 1. The van der Waals surface area contributed by atoms with E-state index in [9.17, 15) is 18.4 Å². The van der Waals surface area contributed by atoms with Gasteiger partial charge in [0.25, 0.3) is 0 Å². The second-order valence-corrected chi connectivity index (χ2v) is 7.82. The first-order valence-corrected chi connectivity index (χ1v) is 10.0. The van der Waals surface area contributed by atoms with Gasteiger partial charge < -0.3 is 16.0 Å². The standard InChI is InChI=1S/C19H18F2N6O2S/c20-12-2-1-3-13(21)14(12)15(28)16-17(22)25-18(30-16)24-11-4-7-26(8-5-11)19(29)27-9-6-23-10-27/h1-3,6,9-11H,4-5,7-8,22H2,(H,24,25). The number of rotatable bonds is 4. The third-order valence-electron chi connectivity index (χ3n) is 4.87. The highest BCUT2D eigenvalue weighted by molar-refractivity contribution is 7.18. The number of hydrogen-bond acceptors (Lipinski definition) is 7. The van der Waals surface area contributed by atoms with Gasteiger partial charge in [0.15, 0.2) is 5.13 Å². The van der Waals surface area contributed by atoms with Crippen molar-refractivity contribution in [3.8, 4) is 0 Å². The first kappa shape index (κ1) is 20.0. The molecule has 0 spiro atoms. The molecule has 0 bridgehead atoms. The van der Waals surface area contributed by atoms with Gasteiger partial charge in [-0.15, -0.1) is 0 Å². The van der Waals surface area contributed by atoms with Crippen molar-refractivity contribution in [3.63, 3.8) is 0 Å². The number of amides is 1. The highest BCUT2D eigenvalue weighted by Gasteiger charge is 2.27. The Hall–Kier alpha value is -3.34. The van der Waals surface area contributed by atoms with Crippen LogP contribution in [0.4, 0.5) is 24.5 Å². The van der Waals surface area contributed by atoms with Crippen molar-refractivity contribution in [2.75, 3.05) is 24.1 Å². The molecule has 2 aromatic heterocycles. The summed E-state index contributed by atoms with van der Waals surface area (Å²) in [5.41, 5.74) is 5.19. The molecule has 1 aromatic carbocycles. The summed E-state index contributed by atoms with van der Waals surface area (Å²) in [5, 5.41) is 3.60. The number of nitrogens with one attached hydrogen (secondary N) is 1. The Balaban J connectivity index is 1.41. The molecule has 0 atom stereocenters. The zero-order valence-electron chi connectivity index (χ0n) is 15.7. The summed E-state index contributed by atoms with van der Waals surface area (Å²) in [6.45, 7) is 1.09. The molecule has 0 saturated carbocycles. The van der Waals surface area contributed by atoms with Crippen LogP contribution in [0.15, 0.2) is 36.9 Å². The SMILES string of the molecule is Nc1nc(NC2CCN(C(=O)n3ccnc3)CC2)sc1C(=O)c1c(F)cccc1F. The summed E-state index contributed by atoms with van der Waals surface area (Å²) in [5.74, 6) is -2.81. The molecule has 156 valence electrons. The minimum Gasteiger partial charge on any atom is -0.382 e. The van der Waals surface area contributed by atoms with Crippen LogP contribution < -0.4 is 11.1 Å². The average Bonchev–Trinajstić information content (AvgIpc) is 3.38. The van der Waals surface area contributed by atoms with Crippen LogP contribution in [0.5, 0.6) is 0 Å². The number of nitrogens with zero attached hydrogens (tertiary/aromatic N) is 4. The number of hydrogen-bond donors (Lipinski definition) is 2. The van der Waals surface area contributed by atoms with Crippen molar-refractivity contribution in [2.45, 2.75) is 18.9 Å². The summed E-state index contributed by atoms with van der Waals surface area (Å²) in [6, 6.07) is 3.12. The van der Waals surface area contributed by atoms with E-state index < -0.39 is 23.0 Å². The number of carbonyl (C=O) groups excluding carboxylic acids is 2. The van der Waals surface area contributed by atoms with Gasteiger partial charge in [-0.25, -0.2) is 23.5 Å². The Morgan fingerprint density at radius 2 is 1.90 bits per heavy atom. The number of benzene rings is 1. The molecule has 0 unspecified atom stereocenters. The Labute approximate surface area is 174 Å². The maximum absolute atomic E-state index is 13.9. The Morgan fingerprint density at radius 3 is 2.53 bits per heavy atom. The molecule has 4 rings (SSSR count). The van der Waals surface area contributed by atoms with Gasteiger partial charge in [0, 0.05) is 31.5 Å². The predicted octanol–water partition coefficient (Wildman–Crippen LogP) is 2.98. The smallest absolute Gasteiger partial charge is 0.329 e. The molecule has 3 aromatic rings. The van der Waals surface area contributed by atoms with Crippen LogP contribution in [0.1, 0.15) is 28.1 Å². The van der Waals surface area contributed by atoms with E-state index in [0.717, 1.165) is 23.5 Å². The van der Waals surface area contributed by atoms with Gasteiger partial charge in [0.05, 0.1) is 5.56 Å². The Morgan fingerprint density at radius 1 is 1.20 bits per heavy atom. The van der Waals surface area contributed by atoms with Crippen LogP contribution in [0.3, 0.4) is 0 Å². The zero-order valence-corrected chi connectivity index (χ0v) is 16.5. The van der Waals surface area contributed by atoms with E-state index in [1.807, 2.05) is 0 Å². The summed E-state index contributed by atoms with van der Waals surface area (Å²) in [4.78, 5) is 34.6. The minimum atomic E-state index is -0.947. The Bertz CT molecular complexity index is 1060. The van der Waals surface area contributed by atoms with Crippen LogP contribution in [-0.2, 0) is 0 Å². The second-order valence-electron chi connectivity index (χ2n) is 6.82. The summed E-state index contributed by atoms with van der Waals surface area (Å²) < 4.78 is 29.3. The maximum atomic E-state index is 13.9. The number of halogens is 2. The van der Waals surface area contributed by atoms with Crippen molar-refractivity contribution >= 4 is 34.1 Å². The third kappa shape index (κ3) is 3.88. The lowest BCUT2D eigenvalue weighted by molar-refractivity contribution is 0.103. The first-order chi connectivity index (χ1) is 14.4. The first-order valence-electron chi connectivity index (χ1n) is 9.23. The number of thiazole rings is 1. The van der Waals surface area contributed by atoms with Crippen LogP contribution in [0, 0.1) is 11.6 Å². The predicted molar refractivity (Wildman–Crippen MR) is 108 cm³/mol. The topological polar surface area (TPSA) is 106 Å². The van der Waals surface area contributed by atoms with Gasteiger partial charge in [-0.3, -0.25) is 9.36 Å². The van der Waals surface area contributed by atoms with Gasteiger partial charge in [-0.2, -0.15) is 0 Å². The molecule has 1 fully saturated rings. The van der Waals surface area contributed by atoms with E-state index in [-0.39, 0.29) is 22.8 Å². The fourth-order valence-corrected chi connectivity index (χ4v) is 4.22. The monoisotopic (exact) mass is 432 g/mol. The maximum Gasteiger partial charge on any atom is 0.329 e. The summed E-state index contributed by atoms with van der Waals surface area (Å²) in [6.07, 6.45) is 5.95. The van der Waals surface area contributed by atoms with Crippen LogP contribution in [-0.4, -0.2) is 50.4 Å². The summed E-state index contributed by atoms with van der Waals surface area (Å²) >= 11 is 0.956. The number of piperidine rings is 1. The highest BCUT2D eigenvalue weighted by atomic mass is 32.1. The number of anilines is 2.